The van der Waals surface area contributed by atoms with Gasteiger partial charge in [0.2, 0.25) is 11.7 Å². The highest BCUT2D eigenvalue weighted by Crippen LogP contribution is 2.36. The third-order valence-corrected chi connectivity index (χ3v) is 9.60. The lowest BCUT2D eigenvalue weighted by atomic mass is 10.1. The Kier molecular flexibility index (Phi) is 9.39. The second-order valence-electron chi connectivity index (χ2n) is 10.5. The molecule has 4 aromatic rings. The lowest BCUT2D eigenvalue weighted by molar-refractivity contribution is -0.126. The summed E-state index contributed by atoms with van der Waals surface area (Å²) in [4.78, 5) is 28.9. The summed E-state index contributed by atoms with van der Waals surface area (Å²) < 4.78 is 41.4. The first-order valence-electron chi connectivity index (χ1n) is 14.8. The Morgan fingerprint density at radius 3 is 2.39 bits per heavy atom. The zero-order valence-corrected chi connectivity index (χ0v) is 26.0. The zero-order valence-electron chi connectivity index (χ0n) is 25.2. The predicted molar refractivity (Wildman–Crippen MR) is 172 cm³/mol. The molecule has 2 heterocycles. The molecule has 1 saturated heterocycles. The van der Waals surface area contributed by atoms with E-state index in [4.69, 9.17) is 9.15 Å². The topological polar surface area (TPSA) is 100 Å². The molecule has 0 radical (unpaired) electrons. The van der Waals surface area contributed by atoms with Crippen LogP contribution in [0.5, 0.6) is 0 Å². The smallest absolute Gasteiger partial charge is 0.374 e. The van der Waals surface area contributed by atoms with Crippen LogP contribution in [-0.4, -0.2) is 64.5 Å². The number of allylic oxidation sites excluding steroid dienone is 1. The molecule has 3 aromatic carbocycles. The summed E-state index contributed by atoms with van der Waals surface area (Å²) in [5.41, 5.74) is 3.30. The van der Waals surface area contributed by atoms with E-state index in [0.717, 1.165) is 11.3 Å². The van der Waals surface area contributed by atoms with Gasteiger partial charge in [-0.05, 0) is 69.2 Å². The quantitative estimate of drug-likeness (QED) is 0.170. The third-order valence-electron chi connectivity index (χ3n) is 7.79. The van der Waals surface area contributed by atoms with Crippen LogP contribution in [0.1, 0.15) is 35.5 Å². The first kappa shape index (κ1) is 30.9. The molecule has 9 nitrogen and oxygen atoms in total. The number of carbonyl (C=O) groups is 2. The van der Waals surface area contributed by atoms with Gasteiger partial charge in [-0.3, -0.25) is 9.10 Å². The van der Waals surface area contributed by atoms with Crippen LogP contribution in [0.3, 0.4) is 0 Å². The van der Waals surface area contributed by atoms with Gasteiger partial charge in [0, 0.05) is 43.7 Å². The van der Waals surface area contributed by atoms with E-state index < -0.39 is 16.0 Å². The number of benzene rings is 3. The molecule has 1 aliphatic rings. The fraction of sp³-hybridized carbons (Fsp3) is 0.294. The highest BCUT2D eigenvalue weighted by molar-refractivity contribution is 7.92. The number of piperazine rings is 1. The predicted octanol–water partition coefficient (Wildman–Crippen LogP) is 5.58. The van der Waals surface area contributed by atoms with Crippen molar-refractivity contribution in [1.82, 2.24) is 4.90 Å². The van der Waals surface area contributed by atoms with Crippen molar-refractivity contribution in [2.75, 3.05) is 48.5 Å². The Labute approximate surface area is 258 Å². The standard InChI is InChI=1S/C34H37N3O6S/c1-4-11-32(38)36-22-20-35(21-23-36)29-14-9-10-15-30(29)37(19-18-26-12-7-6-8-13-26)44(40,41)27-16-17-31-28(24-27)25(3)33(43-31)34(39)42-5-2/h4,6-17,24H,5,18-23H2,1-3H3/b11-4+. The van der Waals surface area contributed by atoms with Gasteiger partial charge < -0.3 is 19.0 Å². The maximum atomic E-state index is 14.5. The van der Waals surface area contributed by atoms with E-state index in [2.05, 4.69) is 4.90 Å². The summed E-state index contributed by atoms with van der Waals surface area (Å²) in [6, 6.07) is 21.9. The average molecular weight is 616 g/mol. The molecule has 0 saturated carbocycles. The van der Waals surface area contributed by atoms with Crippen molar-refractivity contribution in [2.24, 2.45) is 0 Å². The van der Waals surface area contributed by atoms with Crippen molar-refractivity contribution < 1.29 is 27.2 Å². The van der Waals surface area contributed by atoms with Crippen LogP contribution in [-0.2, 0) is 26.0 Å². The number of anilines is 2. The van der Waals surface area contributed by atoms with Crippen molar-refractivity contribution in [2.45, 2.75) is 32.1 Å². The molecule has 1 aromatic heterocycles. The minimum Gasteiger partial charge on any atom is -0.460 e. The number of furan rings is 1. The van der Waals surface area contributed by atoms with Crippen LogP contribution >= 0.6 is 0 Å². The summed E-state index contributed by atoms with van der Waals surface area (Å²) >= 11 is 0. The molecule has 0 bridgehead atoms. The van der Waals surface area contributed by atoms with Crippen molar-refractivity contribution >= 4 is 44.2 Å². The minimum atomic E-state index is -4.07. The van der Waals surface area contributed by atoms with Crippen LogP contribution in [0.2, 0.25) is 0 Å². The van der Waals surface area contributed by atoms with E-state index in [0.29, 0.717) is 54.8 Å². The number of carbonyl (C=O) groups excluding carboxylic acids is 2. The van der Waals surface area contributed by atoms with Gasteiger partial charge in [0.1, 0.15) is 5.58 Å². The van der Waals surface area contributed by atoms with E-state index in [1.165, 1.54) is 10.4 Å². The van der Waals surface area contributed by atoms with Gasteiger partial charge in [0.15, 0.2) is 0 Å². The molecular formula is C34H37N3O6S. The first-order valence-corrected chi connectivity index (χ1v) is 16.2. The molecule has 44 heavy (non-hydrogen) atoms. The molecule has 1 fully saturated rings. The van der Waals surface area contributed by atoms with Gasteiger partial charge in [-0.1, -0.05) is 48.5 Å². The largest absolute Gasteiger partial charge is 0.460 e. The number of hydrogen-bond donors (Lipinski definition) is 0. The van der Waals surface area contributed by atoms with E-state index in [1.807, 2.05) is 61.5 Å². The summed E-state index contributed by atoms with van der Waals surface area (Å²) in [6.07, 6.45) is 3.80. The SMILES string of the molecule is C/C=C/C(=O)N1CCN(c2ccccc2N(CCc2ccccc2)S(=O)(=O)c2ccc3oc(C(=O)OCC)c(C)c3c2)CC1. The Morgan fingerprint density at radius 1 is 0.977 bits per heavy atom. The van der Waals surface area contributed by atoms with Gasteiger partial charge in [0.05, 0.1) is 22.9 Å². The van der Waals surface area contributed by atoms with Crippen LogP contribution in [0.15, 0.2) is 94.3 Å². The number of amides is 1. The first-order chi connectivity index (χ1) is 21.2. The normalized spacial score (nSPS) is 13.9. The van der Waals surface area contributed by atoms with Gasteiger partial charge in [-0.25, -0.2) is 13.2 Å². The van der Waals surface area contributed by atoms with Gasteiger partial charge in [-0.15, -0.1) is 0 Å². The number of rotatable bonds is 10. The molecule has 1 amide bonds. The summed E-state index contributed by atoms with van der Waals surface area (Å²) in [5, 5.41) is 0.535. The van der Waals surface area contributed by atoms with Crippen LogP contribution < -0.4 is 9.21 Å². The number of esters is 1. The summed E-state index contributed by atoms with van der Waals surface area (Å²) in [7, 11) is -4.07. The van der Waals surface area contributed by atoms with Crippen molar-refractivity contribution in [3.8, 4) is 0 Å². The Balaban J connectivity index is 1.53. The number of ether oxygens (including phenoxy) is 1. The number of fused-ring (bicyclic) bond motifs is 1. The summed E-state index contributed by atoms with van der Waals surface area (Å²) in [6.45, 7) is 7.88. The average Bonchev–Trinajstić information content (AvgIpc) is 3.38. The zero-order chi connectivity index (χ0) is 31.3. The molecule has 0 atom stereocenters. The number of sulfonamides is 1. The number of hydrogen-bond acceptors (Lipinski definition) is 7. The lowest BCUT2D eigenvalue weighted by Gasteiger charge is -2.38. The second-order valence-corrected chi connectivity index (χ2v) is 12.4. The Hall–Kier alpha value is -4.57. The highest BCUT2D eigenvalue weighted by Gasteiger charge is 2.30. The fourth-order valence-electron chi connectivity index (χ4n) is 5.48. The van der Waals surface area contributed by atoms with Crippen LogP contribution in [0.4, 0.5) is 11.4 Å². The van der Waals surface area contributed by atoms with E-state index in [9.17, 15) is 18.0 Å². The van der Waals surface area contributed by atoms with Gasteiger partial charge in [-0.2, -0.15) is 0 Å². The molecular weight excluding hydrogens is 578 g/mol. The fourth-order valence-corrected chi connectivity index (χ4v) is 6.99. The maximum absolute atomic E-state index is 14.5. The van der Waals surface area contributed by atoms with Gasteiger partial charge in [0.25, 0.3) is 10.0 Å². The number of nitrogens with zero attached hydrogens (tertiary/aromatic N) is 3. The molecule has 0 aliphatic carbocycles. The van der Waals surface area contributed by atoms with Gasteiger partial charge >= 0.3 is 5.97 Å². The number of para-hydroxylation sites is 2. The van der Waals surface area contributed by atoms with Crippen molar-refractivity contribution in [3.05, 3.63) is 102 Å². The molecule has 230 valence electrons. The van der Waals surface area contributed by atoms with Crippen LogP contribution in [0, 0.1) is 6.92 Å². The van der Waals surface area contributed by atoms with Crippen LogP contribution in [0.25, 0.3) is 11.0 Å². The lowest BCUT2D eigenvalue weighted by Crippen LogP contribution is -2.48. The van der Waals surface area contributed by atoms with E-state index in [1.54, 1.807) is 43.0 Å². The Bertz CT molecular complexity index is 1770. The molecule has 0 unspecified atom stereocenters. The second kappa shape index (κ2) is 13.4. The van der Waals surface area contributed by atoms with E-state index >= 15 is 0 Å². The highest BCUT2D eigenvalue weighted by atomic mass is 32.2. The number of aryl methyl sites for hydroxylation is 1. The summed E-state index contributed by atoms with van der Waals surface area (Å²) in [5.74, 6) is -0.546. The van der Waals surface area contributed by atoms with Crippen molar-refractivity contribution in [3.63, 3.8) is 0 Å². The molecule has 1 aliphatic heterocycles. The van der Waals surface area contributed by atoms with Crippen molar-refractivity contribution in [1.29, 1.82) is 0 Å². The van der Waals surface area contributed by atoms with E-state index in [-0.39, 0.29) is 29.7 Å². The molecule has 10 heteroatoms. The molecule has 5 rings (SSSR count). The Morgan fingerprint density at radius 2 is 1.68 bits per heavy atom. The molecule has 0 spiro atoms. The minimum absolute atomic E-state index is 0.0245. The third kappa shape index (κ3) is 6.35. The monoisotopic (exact) mass is 615 g/mol. The molecule has 0 N–H and O–H groups in total. The maximum Gasteiger partial charge on any atom is 0.374 e.